The third-order valence-corrected chi connectivity index (χ3v) is 12.3. The van der Waals surface area contributed by atoms with Gasteiger partial charge in [-0.2, -0.15) is 12.1 Å². The average molecular weight is 973 g/mol. The van der Waals surface area contributed by atoms with Gasteiger partial charge in [0.1, 0.15) is 5.82 Å². The molecule has 4 heterocycles. The molecule has 60 heavy (non-hydrogen) atoms. The molecule has 7 aromatic carbocycles. The standard InChI is InChI=1S/C53H37N4OS.Pt/c1-34-29-35(2)50(36(3)30-34)56-33-55(51(37-15-6-4-7-16-37)52(56)38-17-8-5-9-18-38)39-19-14-20-40(31-39)58-41-24-25-42-43-26-27-47-49(44-21-10-11-22-46(44)59-47)53(43)57(45(42)32-41)48-23-12-13-28-54-48;/h4-30,33H,1-3H3;/q-3;. The maximum absolute atomic E-state index is 6.72. The van der Waals surface area contributed by atoms with E-state index in [9.17, 15) is 0 Å². The molecule has 7 heteroatoms. The van der Waals surface area contributed by atoms with Crippen molar-refractivity contribution in [3.8, 4) is 17.3 Å². The summed E-state index contributed by atoms with van der Waals surface area (Å²) in [6.45, 7) is 8.75. The van der Waals surface area contributed by atoms with E-state index in [1.54, 1.807) is 0 Å². The van der Waals surface area contributed by atoms with Gasteiger partial charge in [0, 0.05) is 76.0 Å². The van der Waals surface area contributed by atoms with Gasteiger partial charge in [0.2, 0.25) is 0 Å². The van der Waals surface area contributed by atoms with E-state index >= 15 is 0 Å². The summed E-state index contributed by atoms with van der Waals surface area (Å²) in [5.74, 6) is 2.02. The molecule has 0 saturated heterocycles. The molecule has 0 atom stereocenters. The summed E-state index contributed by atoms with van der Waals surface area (Å²) in [7, 11) is 0. The van der Waals surface area contributed by atoms with Crippen molar-refractivity contribution < 1.29 is 25.8 Å². The number of hydrogen-bond acceptors (Lipinski definition) is 5. The zero-order valence-corrected chi connectivity index (χ0v) is 36.2. The first kappa shape index (κ1) is 37.8. The van der Waals surface area contributed by atoms with Gasteiger partial charge in [0.05, 0.1) is 5.52 Å². The number of pyridine rings is 1. The molecule has 1 aliphatic rings. The Morgan fingerprint density at radius 1 is 0.583 bits per heavy atom. The number of aromatic nitrogens is 2. The summed E-state index contributed by atoms with van der Waals surface area (Å²) < 4.78 is 11.5. The number of hydrogen-bond donors (Lipinski definition) is 0. The maximum Gasteiger partial charge on any atom is 0.135 e. The molecule has 0 amide bonds. The van der Waals surface area contributed by atoms with Crippen LogP contribution >= 0.6 is 11.3 Å². The third-order valence-electron chi connectivity index (χ3n) is 11.2. The van der Waals surface area contributed by atoms with Gasteiger partial charge in [-0.3, -0.25) is 0 Å². The second kappa shape index (κ2) is 15.3. The fourth-order valence-electron chi connectivity index (χ4n) is 8.85. The summed E-state index contributed by atoms with van der Waals surface area (Å²) in [6.07, 6.45) is 1.85. The molecule has 1 aliphatic heterocycles. The SMILES string of the molecule is Cc1cc(C)c(N2[CH-]N(c3[c-]c(Oc4[c-]c5c(cc4)c4ccc6sc7ccccc7c6c4n5-c4ccccn4)ccc3)C(c3ccccc3)=C2c2ccccc2)c(C)c1.[Pt]. The molecule has 0 fully saturated rings. The molecule has 0 saturated carbocycles. The smallest absolute Gasteiger partial charge is 0.135 e. The van der Waals surface area contributed by atoms with Crippen LogP contribution < -0.4 is 14.5 Å². The maximum atomic E-state index is 6.72. The van der Waals surface area contributed by atoms with Crippen LogP contribution in [-0.2, 0) is 21.1 Å². The Kier molecular flexibility index (Phi) is 9.63. The predicted molar refractivity (Wildman–Crippen MR) is 245 cm³/mol. The van der Waals surface area contributed by atoms with E-state index in [1.807, 2.05) is 47.9 Å². The van der Waals surface area contributed by atoms with E-state index in [1.165, 1.54) is 36.9 Å². The number of fused-ring (bicyclic) bond motifs is 7. The second-order valence-electron chi connectivity index (χ2n) is 15.1. The molecule has 5 nitrogen and oxygen atoms in total. The summed E-state index contributed by atoms with van der Waals surface area (Å²) >= 11 is 1.82. The van der Waals surface area contributed by atoms with Gasteiger partial charge >= 0.3 is 0 Å². The Morgan fingerprint density at radius 2 is 1.25 bits per heavy atom. The van der Waals surface area contributed by atoms with Gasteiger partial charge in [0.15, 0.2) is 0 Å². The minimum Gasteiger partial charge on any atom is -0.509 e. The Labute approximate surface area is 367 Å². The van der Waals surface area contributed by atoms with Crippen LogP contribution in [0.5, 0.6) is 11.5 Å². The normalized spacial score (nSPS) is 12.9. The van der Waals surface area contributed by atoms with Crippen LogP contribution in [0.15, 0.2) is 164 Å². The van der Waals surface area contributed by atoms with Crippen molar-refractivity contribution in [2.45, 2.75) is 20.8 Å². The van der Waals surface area contributed by atoms with Gasteiger partial charge in [-0.05, 0) is 72.7 Å². The summed E-state index contributed by atoms with van der Waals surface area (Å²) in [4.78, 5) is 9.43. The van der Waals surface area contributed by atoms with Crippen LogP contribution in [-0.4, -0.2) is 9.55 Å². The van der Waals surface area contributed by atoms with E-state index in [4.69, 9.17) is 9.72 Å². The van der Waals surface area contributed by atoms with Crippen LogP contribution in [0.25, 0.3) is 59.2 Å². The molecule has 0 unspecified atom stereocenters. The number of anilines is 2. The zero-order chi connectivity index (χ0) is 39.6. The number of aryl methyl sites for hydroxylation is 3. The Bertz CT molecular complexity index is 3240. The number of benzene rings is 7. The molecule has 11 rings (SSSR count). The van der Waals surface area contributed by atoms with E-state index in [0.717, 1.165) is 61.5 Å². The van der Waals surface area contributed by atoms with E-state index in [0.29, 0.717) is 11.5 Å². The van der Waals surface area contributed by atoms with Crippen LogP contribution in [0.2, 0.25) is 0 Å². The van der Waals surface area contributed by atoms with Crippen molar-refractivity contribution in [1.29, 1.82) is 0 Å². The minimum absolute atomic E-state index is 0. The number of rotatable bonds is 7. The molecule has 0 spiro atoms. The van der Waals surface area contributed by atoms with E-state index in [2.05, 4.69) is 181 Å². The number of nitrogens with zero attached hydrogens (tertiary/aromatic N) is 4. The fraction of sp³-hybridized carbons (Fsp3) is 0.0566. The largest absolute Gasteiger partial charge is 0.509 e. The molecule has 10 aromatic rings. The van der Waals surface area contributed by atoms with Gasteiger partial charge in [-0.15, -0.1) is 59.4 Å². The van der Waals surface area contributed by atoms with Crippen molar-refractivity contribution in [3.05, 3.63) is 211 Å². The second-order valence-corrected chi connectivity index (χ2v) is 16.2. The van der Waals surface area contributed by atoms with Crippen LogP contribution in [0, 0.1) is 39.6 Å². The van der Waals surface area contributed by atoms with Gasteiger partial charge in [-0.1, -0.05) is 114 Å². The first-order chi connectivity index (χ1) is 29.0. The average Bonchev–Trinajstić information content (AvgIpc) is 3.94. The molecule has 0 N–H and O–H groups in total. The van der Waals surface area contributed by atoms with Gasteiger partial charge in [0.25, 0.3) is 0 Å². The molecule has 0 aliphatic carbocycles. The van der Waals surface area contributed by atoms with Crippen molar-refractivity contribution in [1.82, 2.24) is 9.55 Å². The first-order valence-electron chi connectivity index (χ1n) is 19.8. The Morgan fingerprint density at radius 3 is 1.98 bits per heavy atom. The summed E-state index contributed by atoms with van der Waals surface area (Å²) in [6, 6.07) is 62.5. The van der Waals surface area contributed by atoms with Gasteiger partial charge < -0.3 is 19.1 Å². The molecule has 0 bridgehead atoms. The monoisotopic (exact) mass is 972 g/mol. The van der Waals surface area contributed by atoms with Crippen LogP contribution in [0.3, 0.4) is 0 Å². The van der Waals surface area contributed by atoms with E-state index < -0.39 is 0 Å². The summed E-state index contributed by atoms with van der Waals surface area (Å²) in [5.41, 5.74) is 12.1. The Hall–Kier alpha value is -6.46. The number of ether oxygens (including phenoxy) is 1. The van der Waals surface area contributed by atoms with Crippen molar-refractivity contribution in [2.75, 3.05) is 9.80 Å². The zero-order valence-electron chi connectivity index (χ0n) is 33.1. The topological polar surface area (TPSA) is 33.5 Å². The molecule has 294 valence electrons. The first-order valence-corrected chi connectivity index (χ1v) is 20.6. The van der Waals surface area contributed by atoms with Crippen LogP contribution in [0.1, 0.15) is 27.8 Å². The minimum atomic E-state index is 0. The Balaban J connectivity index is 0.00000433. The summed E-state index contributed by atoms with van der Waals surface area (Å²) in [5, 5.41) is 4.71. The molecular weight excluding hydrogens is 936 g/mol. The van der Waals surface area contributed by atoms with Gasteiger partial charge in [-0.25, -0.2) is 4.98 Å². The number of thiophene rings is 1. The van der Waals surface area contributed by atoms with Crippen LogP contribution in [0.4, 0.5) is 11.4 Å². The molecule has 0 radical (unpaired) electrons. The van der Waals surface area contributed by atoms with Crippen molar-refractivity contribution in [3.63, 3.8) is 0 Å². The van der Waals surface area contributed by atoms with E-state index in [-0.39, 0.29) is 21.1 Å². The third kappa shape index (κ3) is 6.30. The van der Waals surface area contributed by atoms with Crippen molar-refractivity contribution in [2.24, 2.45) is 0 Å². The molecule has 3 aromatic heterocycles. The molecular formula is C53H37N4OPtS-3. The van der Waals surface area contributed by atoms with Crippen molar-refractivity contribution >= 4 is 76.1 Å². The predicted octanol–water partition coefficient (Wildman–Crippen LogP) is 13.8. The fourth-order valence-corrected chi connectivity index (χ4v) is 9.96. The quantitative estimate of drug-likeness (QED) is 0.149.